The lowest BCUT2D eigenvalue weighted by Gasteiger charge is -2.34. The molecule has 3 aromatic rings. The maximum atomic E-state index is 12.7. The molecule has 1 N–H and O–H groups in total. The van der Waals surface area contributed by atoms with Crippen LogP contribution in [0, 0.1) is 5.92 Å². The van der Waals surface area contributed by atoms with Crippen LogP contribution in [0.3, 0.4) is 0 Å². The second-order valence-corrected chi connectivity index (χ2v) is 8.82. The number of aromatic nitrogens is 2. The number of nitrogens with zero attached hydrogens (tertiary/aromatic N) is 3. The van der Waals surface area contributed by atoms with Gasteiger partial charge in [-0.25, -0.2) is 5.01 Å². The molecule has 2 aromatic heterocycles. The molecule has 1 aromatic carbocycles. The second-order valence-electron chi connectivity index (χ2n) is 8.38. The van der Waals surface area contributed by atoms with E-state index in [1.54, 1.807) is 29.3 Å². The Morgan fingerprint density at radius 2 is 1.75 bits per heavy atom. The van der Waals surface area contributed by atoms with Crippen molar-refractivity contribution in [2.45, 2.75) is 43.7 Å². The van der Waals surface area contributed by atoms with Crippen LogP contribution in [0.2, 0.25) is 5.02 Å². The molecule has 0 unspecified atom stereocenters. The maximum Gasteiger partial charge on any atom is 0.391 e. The molecule has 11 heteroatoms. The van der Waals surface area contributed by atoms with Gasteiger partial charge in [-0.15, -0.1) is 10.2 Å². The third-order valence-electron chi connectivity index (χ3n) is 6.21. The van der Waals surface area contributed by atoms with Crippen LogP contribution in [0.4, 0.5) is 13.2 Å². The van der Waals surface area contributed by atoms with Gasteiger partial charge in [0.15, 0.2) is 5.76 Å². The average molecular weight is 469 g/mol. The minimum atomic E-state index is -4.16. The van der Waals surface area contributed by atoms with Crippen LogP contribution in [-0.4, -0.2) is 40.4 Å². The molecule has 3 heterocycles. The largest absolute Gasteiger partial charge is 0.451 e. The third kappa shape index (κ3) is 4.21. The summed E-state index contributed by atoms with van der Waals surface area (Å²) in [5, 5.41) is 11.2. The van der Waals surface area contributed by atoms with E-state index in [0.717, 1.165) is 5.39 Å². The van der Waals surface area contributed by atoms with Crippen molar-refractivity contribution in [2.24, 2.45) is 5.92 Å². The van der Waals surface area contributed by atoms with E-state index in [1.165, 1.54) is 0 Å². The van der Waals surface area contributed by atoms with E-state index in [9.17, 15) is 18.0 Å². The monoisotopic (exact) mass is 468 g/mol. The summed E-state index contributed by atoms with van der Waals surface area (Å²) >= 11 is 5.97. The first-order valence-electron chi connectivity index (χ1n) is 10.4. The zero-order valence-corrected chi connectivity index (χ0v) is 17.6. The molecule has 1 aliphatic heterocycles. The zero-order valence-electron chi connectivity index (χ0n) is 16.9. The highest BCUT2D eigenvalue weighted by atomic mass is 35.5. The number of benzene rings is 1. The van der Waals surface area contributed by atoms with Crippen LogP contribution in [0.15, 0.2) is 33.1 Å². The molecule has 32 heavy (non-hydrogen) atoms. The molecule has 1 saturated heterocycles. The molecule has 1 saturated carbocycles. The Morgan fingerprint density at radius 3 is 2.44 bits per heavy atom. The lowest BCUT2D eigenvalue weighted by molar-refractivity contribution is -0.198. The molecule has 2 aliphatic rings. The predicted octanol–water partition coefficient (Wildman–Crippen LogP) is 5.05. The number of hydrogen-bond acceptors (Lipinski definition) is 6. The van der Waals surface area contributed by atoms with Crippen LogP contribution >= 0.6 is 11.6 Å². The Labute approximate surface area is 185 Å². The Bertz CT molecular complexity index is 1130. The van der Waals surface area contributed by atoms with Crippen molar-refractivity contribution in [2.75, 3.05) is 13.1 Å². The first-order chi connectivity index (χ1) is 15.3. The van der Waals surface area contributed by atoms with Gasteiger partial charge in [-0.3, -0.25) is 10.2 Å². The number of carbonyl (C=O) groups is 1. The van der Waals surface area contributed by atoms with Crippen LogP contribution in [-0.2, 0) is 0 Å². The molecular formula is C21H20ClF3N4O3. The fraction of sp³-hybridized carbons (Fsp3) is 0.476. The van der Waals surface area contributed by atoms with E-state index < -0.39 is 12.1 Å². The minimum absolute atomic E-state index is 0.00358. The Balaban J connectivity index is 1.14. The molecule has 170 valence electrons. The highest BCUT2D eigenvalue weighted by Gasteiger charge is 2.49. The summed E-state index contributed by atoms with van der Waals surface area (Å²) in [6.45, 7) is 1.14. The summed E-state index contributed by atoms with van der Waals surface area (Å²) in [4.78, 5) is 12.5. The topological polar surface area (TPSA) is 84.4 Å². The van der Waals surface area contributed by atoms with Gasteiger partial charge < -0.3 is 8.83 Å². The molecule has 0 atom stereocenters. The lowest BCUT2D eigenvalue weighted by atomic mass is 9.74. The molecule has 2 fully saturated rings. The van der Waals surface area contributed by atoms with Crippen LogP contribution in [0.25, 0.3) is 11.0 Å². The number of alkyl halides is 3. The molecule has 0 bridgehead atoms. The maximum absolute atomic E-state index is 12.7. The van der Waals surface area contributed by atoms with E-state index >= 15 is 0 Å². The highest BCUT2D eigenvalue weighted by molar-refractivity contribution is 6.31. The molecule has 0 radical (unpaired) electrons. The molecule has 5 rings (SSSR count). The number of amides is 1. The molecule has 7 nitrogen and oxygen atoms in total. The Kier molecular flexibility index (Phi) is 5.37. The van der Waals surface area contributed by atoms with Gasteiger partial charge in [0, 0.05) is 35.3 Å². The van der Waals surface area contributed by atoms with Gasteiger partial charge in [0.05, 0.1) is 5.92 Å². The lowest BCUT2D eigenvalue weighted by Crippen LogP contribution is -2.46. The fourth-order valence-corrected chi connectivity index (χ4v) is 4.41. The summed E-state index contributed by atoms with van der Waals surface area (Å²) in [5.74, 6) is -0.990. The summed E-state index contributed by atoms with van der Waals surface area (Å²) in [6, 6.07) is 6.79. The summed E-state index contributed by atoms with van der Waals surface area (Å²) < 4.78 is 49.3. The zero-order chi connectivity index (χ0) is 22.5. The standard InChI is InChI=1S/C21H20ClF3N4O3/c22-15-1-2-16-12(9-15)10-17(31-16)18(30)28-29-5-3-11(4-6-29)19-26-27-20(32-19)13-7-14(8-13)21(23,24)25/h1-2,9-11,13-14H,3-8H2,(H,28,30). The number of furan rings is 1. The predicted molar refractivity (Wildman–Crippen MR) is 108 cm³/mol. The van der Waals surface area contributed by atoms with E-state index in [2.05, 4.69) is 15.6 Å². The van der Waals surface area contributed by atoms with E-state index in [-0.39, 0.29) is 36.3 Å². The molecular weight excluding hydrogens is 449 g/mol. The number of fused-ring (bicyclic) bond motifs is 1. The van der Waals surface area contributed by atoms with E-state index in [0.29, 0.717) is 48.3 Å². The van der Waals surface area contributed by atoms with Crippen molar-refractivity contribution in [3.8, 4) is 0 Å². The highest BCUT2D eigenvalue weighted by Crippen LogP contribution is 2.49. The number of hydrazine groups is 1. The summed E-state index contributed by atoms with van der Waals surface area (Å²) in [5.41, 5.74) is 3.42. The first-order valence-corrected chi connectivity index (χ1v) is 10.8. The summed E-state index contributed by atoms with van der Waals surface area (Å²) in [7, 11) is 0. The summed E-state index contributed by atoms with van der Waals surface area (Å²) in [6.07, 6.45) is -2.81. The van der Waals surface area contributed by atoms with Gasteiger partial charge in [0.2, 0.25) is 11.8 Å². The van der Waals surface area contributed by atoms with Crippen LogP contribution in [0.1, 0.15) is 59.9 Å². The van der Waals surface area contributed by atoms with Crippen molar-refractivity contribution >= 4 is 28.5 Å². The van der Waals surface area contributed by atoms with E-state index in [4.69, 9.17) is 20.4 Å². The van der Waals surface area contributed by atoms with Crippen molar-refractivity contribution in [1.29, 1.82) is 0 Å². The van der Waals surface area contributed by atoms with E-state index in [1.807, 2.05) is 0 Å². The van der Waals surface area contributed by atoms with Crippen molar-refractivity contribution in [1.82, 2.24) is 20.6 Å². The smallest absolute Gasteiger partial charge is 0.391 e. The number of nitrogens with one attached hydrogen (secondary N) is 1. The van der Waals surface area contributed by atoms with Crippen molar-refractivity contribution in [3.63, 3.8) is 0 Å². The van der Waals surface area contributed by atoms with Gasteiger partial charge in [-0.1, -0.05) is 11.6 Å². The average Bonchev–Trinajstić information content (AvgIpc) is 3.33. The number of halogens is 4. The van der Waals surface area contributed by atoms with Gasteiger partial charge in [0.1, 0.15) is 5.58 Å². The fourth-order valence-electron chi connectivity index (χ4n) is 4.23. The Morgan fingerprint density at radius 1 is 1.06 bits per heavy atom. The number of carbonyl (C=O) groups excluding carboxylic acids is 1. The minimum Gasteiger partial charge on any atom is -0.451 e. The van der Waals surface area contributed by atoms with Gasteiger partial charge in [-0.05, 0) is 49.9 Å². The third-order valence-corrected chi connectivity index (χ3v) is 6.45. The molecule has 1 aliphatic carbocycles. The number of rotatable bonds is 4. The second kappa shape index (κ2) is 8.08. The van der Waals surface area contributed by atoms with Crippen LogP contribution in [0.5, 0.6) is 0 Å². The number of piperidine rings is 1. The SMILES string of the molecule is O=C(NN1CCC(c2nnc(C3CC(C(F)(F)F)C3)o2)CC1)c1cc2cc(Cl)ccc2o1. The Hall–Kier alpha value is -2.59. The van der Waals surface area contributed by atoms with Crippen LogP contribution < -0.4 is 5.43 Å². The quantitative estimate of drug-likeness (QED) is 0.577. The normalized spacial score (nSPS) is 22.8. The molecule has 0 spiro atoms. The van der Waals surface area contributed by atoms with Gasteiger partial charge in [-0.2, -0.15) is 13.2 Å². The van der Waals surface area contributed by atoms with Crippen molar-refractivity contribution in [3.05, 3.63) is 46.8 Å². The molecule has 1 amide bonds. The van der Waals surface area contributed by atoms with Gasteiger partial charge >= 0.3 is 12.1 Å². The number of hydrogen-bond donors (Lipinski definition) is 1. The first kappa shape index (κ1) is 21.3. The van der Waals surface area contributed by atoms with Crippen molar-refractivity contribution < 1.29 is 26.8 Å². The van der Waals surface area contributed by atoms with Gasteiger partial charge in [0.25, 0.3) is 0 Å².